The Morgan fingerprint density at radius 1 is 1.19 bits per heavy atom. The molecule has 1 saturated heterocycles. The molecule has 26 heavy (non-hydrogen) atoms. The molecule has 0 aromatic heterocycles. The van der Waals surface area contributed by atoms with Gasteiger partial charge in [0.1, 0.15) is 0 Å². The van der Waals surface area contributed by atoms with E-state index < -0.39 is 35.6 Å². The van der Waals surface area contributed by atoms with Crippen molar-refractivity contribution in [2.75, 3.05) is 13.1 Å². The predicted octanol–water partition coefficient (Wildman–Crippen LogP) is 3.70. The number of carbonyl (C=O) groups is 2. The van der Waals surface area contributed by atoms with Crippen molar-refractivity contribution in [3.8, 4) is 0 Å². The molecule has 0 radical (unpaired) electrons. The van der Waals surface area contributed by atoms with Crippen molar-refractivity contribution >= 4 is 12.0 Å². The Labute approximate surface area is 150 Å². The lowest BCUT2D eigenvalue weighted by atomic mass is 9.90. The summed E-state index contributed by atoms with van der Waals surface area (Å²) >= 11 is 0. The van der Waals surface area contributed by atoms with E-state index >= 15 is 0 Å². The van der Waals surface area contributed by atoms with E-state index in [0.29, 0.717) is 25.9 Å². The standard InChI is InChI=1S/C18H23F3N2O3/c1-11(14-5-3-4-6-15(14)18(19,20)21)12(2)22-17(26)23-9-7-13(8-10-23)16(24)25/h3-6,11-13H,7-10H2,1-2H3,(H,22,26)(H,24,25). The molecule has 0 saturated carbocycles. The molecule has 1 fully saturated rings. The first-order valence-corrected chi connectivity index (χ1v) is 8.55. The number of carbonyl (C=O) groups excluding carboxylic acids is 1. The highest BCUT2D eigenvalue weighted by Crippen LogP contribution is 2.36. The highest BCUT2D eigenvalue weighted by atomic mass is 19.4. The molecule has 1 aromatic rings. The third-order valence-corrected chi connectivity index (χ3v) is 4.99. The summed E-state index contributed by atoms with van der Waals surface area (Å²) in [5.41, 5.74) is -0.562. The zero-order valence-corrected chi connectivity index (χ0v) is 14.7. The number of hydrogen-bond acceptors (Lipinski definition) is 2. The minimum absolute atomic E-state index is 0.136. The van der Waals surface area contributed by atoms with E-state index in [1.807, 2.05) is 0 Å². The van der Waals surface area contributed by atoms with Crippen LogP contribution in [0.25, 0.3) is 0 Å². The number of alkyl halides is 3. The van der Waals surface area contributed by atoms with Crippen molar-refractivity contribution < 1.29 is 27.9 Å². The van der Waals surface area contributed by atoms with Crippen LogP contribution in [-0.4, -0.2) is 41.1 Å². The number of carboxylic acids is 1. The molecule has 2 unspecified atom stereocenters. The van der Waals surface area contributed by atoms with Gasteiger partial charge in [0.2, 0.25) is 0 Å². The summed E-state index contributed by atoms with van der Waals surface area (Å²) in [7, 11) is 0. The van der Waals surface area contributed by atoms with Gasteiger partial charge in [-0.1, -0.05) is 25.1 Å². The molecule has 0 bridgehead atoms. The third kappa shape index (κ3) is 4.68. The fraction of sp³-hybridized carbons (Fsp3) is 0.556. The fourth-order valence-corrected chi connectivity index (χ4v) is 3.16. The summed E-state index contributed by atoms with van der Waals surface area (Å²) < 4.78 is 39.6. The number of urea groups is 1. The number of rotatable bonds is 4. The Bertz CT molecular complexity index is 655. The molecular weight excluding hydrogens is 349 g/mol. The van der Waals surface area contributed by atoms with Crippen LogP contribution in [0.15, 0.2) is 24.3 Å². The summed E-state index contributed by atoms with van der Waals surface area (Å²) in [6.07, 6.45) is -3.69. The number of nitrogens with zero attached hydrogens (tertiary/aromatic N) is 1. The van der Waals surface area contributed by atoms with E-state index in [1.54, 1.807) is 19.9 Å². The summed E-state index contributed by atoms with van der Waals surface area (Å²) in [5, 5.41) is 11.7. The molecule has 5 nitrogen and oxygen atoms in total. The van der Waals surface area contributed by atoms with Crippen LogP contribution in [0.5, 0.6) is 0 Å². The first kappa shape index (κ1) is 20.1. The number of piperidine rings is 1. The van der Waals surface area contributed by atoms with E-state index in [9.17, 15) is 22.8 Å². The number of likely N-dealkylation sites (tertiary alicyclic amines) is 1. The molecule has 0 aliphatic carbocycles. The zero-order chi connectivity index (χ0) is 19.5. The maximum absolute atomic E-state index is 13.2. The molecular formula is C18H23F3N2O3. The highest BCUT2D eigenvalue weighted by Gasteiger charge is 2.35. The van der Waals surface area contributed by atoms with E-state index in [-0.39, 0.29) is 11.6 Å². The summed E-state index contributed by atoms with van der Waals surface area (Å²) in [5.74, 6) is -1.85. The Morgan fingerprint density at radius 3 is 2.31 bits per heavy atom. The molecule has 2 amide bonds. The molecule has 1 aliphatic heterocycles. The van der Waals surface area contributed by atoms with E-state index in [4.69, 9.17) is 5.11 Å². The van der Waals surface area contributed by atoms with Gasteiger partial charge in [-0.05, 0) is 31.4 Å². The second kappa shape index (κ2) is 7.97. The molecule has 2 atom stereocenters. The first-order valence-electron chi connectivity index (χ1n) is 8.55. The van der Waals surface area contributed by atoms with Gasteiger partial charge < -0.3 is 15.3 Å². The lowest BCUT2D eigenvalue weighted by molar-refractivity contribution is -0.143. The smallest absolute Gasteiger partial charge is 0.416 e. The Kier molecular flexibility index (Phi) is 6.15. The van der Waals surface area contributed by atoms with Gasteiger partial charge in [0.25, 0.3) is 0 Å². The monoisotopic (exact) mass is 372 g/mol. The Hall–Kier alpha value is -2.25. The summed E-state index contributed by atoms with van der Waals surface area (Å²) in [6.45, 7) is 3.96. The van der Waals surface area contributed by atoms with Gasteiger partial charge in [0, 0.05) is 25.0 Å². The maximum atomic E-state index is 13.2. The molecule has 1 heterocycles. The van der Waals surface area contributed by atoms with Crippen LogP contribution in [0.2, 0.25) is 0 Å². The van der Waals surface area contributed by atoms with Crippen LogP contribution in [0, 0.1) is 5.92 Å². The van der Waals surface area contributed by atoms with Gasteiger partial charge in [-0.15, -0.1) is 0 Å². The van der Waals surface area contributed by atoms with Gasteiger partial charge in [-0.25, -0.2) is 4.79 Å². The topological polar surface area (TPSA) is 69.6 Å². The van der Waals surface area contributed by atoms with E-state index in [2.05, 4.69) is 5.32 Å². The van der Waals surface area contributed by atoms with Crippen molar-refractivity contribution in [3.63, 3.8) is 0 Å². The fourth-order valence-electron chi connectivity index (χ4n) is 3.16. The largest absolute Gasteiger partial charge is 0.481 e. The third-order valence-electron chi connectivity index (χ3n) is 4.99. The predicted molar refractivity (Wildman–Crippen MR) is 89.8 cm³/mol. The van der Waals surface area contributed by atoms with Crippen molar-refractivity contribution in [3.05, 3.63) is 35.4 Å². The molecule has 1 aliphatic rings. The molecule has 0 spiro atoms. The molecule has 2 rings (SSSR count). The van der Waals surface area contributed by atoms with Gasteiger partial charge in [-0.2, -0.15) is 13.2 Å². The number of nitrogens with one attached hydrogen (secondary N) is 1. The maximum Gasteiger partial charge on any atom is 0.416 e. The van der Waals surface area contributed by atoms with Gasteiger partial charge in [0.15, 0.2) is 0 Å². The van der Waals surface area contributed by atoms with Crippen LogP contribution < -0.4 is 5.32 Å². The first-order chi connectivity index (χ1) is 12.1. The Balaban J connectivity index is 2.01. The number of hydrogen-bond donors (Lipinski definition) is 2. The molecule has 144 valence electrons. The average Bonchev–Trinajstić information content (AvgIpc) is 2.60. The lowest BCUT2D eigenvalue weighted by Gasteiger charge is -2.32. The number of benzene rings is 1. The van der Waals surface area contributed by atoms with Crippen LogP contribution in [0.1, 0.15) is 43.7 Å². The average molecular weight is 372 g/mol. The number of halogens is 3. The Morgan fingerprint density at radius 2 is 1.77 bits per heavy atom. The minimum Gasteiger partial charge on any atom is -0.481 e. The van der Waals surface area contributed by atoms with E-state index in [0.717, 1.165) is 6.07 Å². The second-order valence-electron chi connectivity index (χ2n) is 6.71. The number of carboxylic acid groups (broad SMARTS) is 1. The quantitative estimate of drug-likeness (QED) is 0.847. The van der Waals surface area contributed by atoms with Crippen molar-refractivity contribution in [2.24, 2.45) is 5.92 Å². The number of amides is 2. The van der Waals surface area contributed by atoms with Crippen molar-refractivity contribution in [1.29, 1.82) is 0 Å². The molecule has 1 aromatic carbocycles. The second-order valence-corrected chi connectivity index (χ2v) is 6.71. The van der Waals surface area contributed by atoms with Gasteiger partial charge in [0.05, 0.1) is 11.5 Å². The van der Waals surface area contributed by atoms with Crippen molar-refractivity contribution in [1.82, 2.24) is 10.2 Å². The van der Waals surface area contributed by atoms with Gasteiger partial charge in [-0.3, -0.25) is 4.79 Å². The zero-order valence-electron chi connectivity index (χ0n) is 14.7. The van der Waals surface area contributed by atoms with Crippen LogP contribution in [0.4, 0.5) is 18.0 Å². The lowest BCUT2D eigenvalue weighted by Crippen LogP contribution is -2.49. The van der Waals surface area contributed by atoms with Crippen LogP contribution in [-0.2, 0) is 11.0 Å². The molecule has 2 N–H and O–H groups in total. The summed E-state index contributed by atoms with van der Waals surface area (Å²) in [6, 6.07) is 4.47. The minimum atomic E-state index is -4.45. The summed E-state index contributed by atoms with van der Waals surface area (Å²) in [4.78, 5) is 24.8. The highest BCUT2D eigenvalue weighted by molar-refractivity contribution is 5.75. The van der Waals surface area contributed by atoms with Crippen molar-refractivity contribution in [2.45, 2.75) is 44.8 Å². The SMILES string of the molecule is CC(NC(=O)N1CCC(C(=O)O)CC1)C(C)c1ccccc1C(F)(F)F. The number of aliphatic carboxylic acids is 1. The van der Waals surface area contributed by atoms with E-state index in [1.165, 1.54) is 17.0 Å². The molecule has 8 heteroatoms. The normalized spacial score (nSPS) is 18.3. The van der Waals surface area contributed by atoms with Crippen LogP contribution in [0.3, 0.4) is 0 Å². The van der Waals surface area contributed by atoms with Gasteiger partial charge >= 0.3 is 18.2 Å². The van der Waals surface area contributed by atoms with Crippen LogP contribution >= 0.6 is 0 Å².